The van der Waals surface area contributed by atoms with Gasteiger partial charge in [-0.15, -0.1) is 0 Å². The van der Waals surface area contributed by atoms with E-state index in [2.05, 4.69) is 10.0 Å². The van der Waals surface area contributed by atoms with Crippen LogP contribution in [0.2, 0.25) is 10.0 Å². The summed E-state index contributed by atoms with van der Waals surface area (Å²) in [6.07, 6.45) is 3.57. The van der Waals surface area contributed by atoms with Crippen molar-refractivity contribution in [1.82, 2.24) is 0 Å². The monoisotopic (exact) mass is 227 g/mol. The van der Waals surface area contributed by atoms with Gasteiger partial charge in [0.2, 0.25) is 0 Å². The van der Waals surface area contributed by atoms with Gasteiger partial charge in [-0.1, -0.05) is 46.5 Å². The van der Waals surface area contributed by atoms with E-state index < -0.39 is 0 Å². The molecule has 1 rings (SSSR count). The molecule has 0 bridgehead atoms. The molecule has 1 aromatic carbocycles. The molecule has 0 fully saturated rings. The topological polar surface area (TPSA) is 48.8 Å². The third kappa shape index (κ3) is 3.30. The second-order valence-electron chi connectivity index (χ2n) is 2.49. The molecule has 0 atom stereocenters. The summed E-state index contributed by atoms with van der Waals surface area (Å²) < 4.78 is 0. The first kappa shape index (κ1) is 10.9. The Bertz CT molecular complexity index is 395. The van der Waals surface area contributed by atoms with Crippen LogP contribution in [0.1, 0.15) is 5.56 Å². The summed E-state index contributed by atoms with van der Waals surface area (Å²) in [5.74, 6) is 0. The lowest BCUT2D eigenvalue weighted by atomic mass is 10.2. The standard InChI is InChI=1S/C9H7Cl2N3/c10-8-4-3-7(6-9(8)11)2-1-5-13-14-12/h1-4,6H,5H2. The minimum atomic E-state index is 0.330. The maximum absolute atomic E-state index is 8.03. The highest BCUT2D eigenvalue weighted by Gasteiger charge is 1.95. The number of azide groups is 1. The van der Waals surface area contributed by atoms with E-state index in [1.807, 2.05) is 12.1 Å². The van der Waals surface area contributed by atoms with Gasteiger partial charge < -0.3 is 0 Å². The van der Waals surface area contributed by atoms with Crippen LogP contribution in [0, 0.1) is 0 Å². The van der Waals surface area contributed by atoms with Crippen molar-refractivity contribution in [2.45, 2.75) is 0 Å². The Labute approximate surface area is 91.6 Å². The molecule has 0 radical (unpaired) electrons. The molecule has 5 heteroatoms. The van der Waals surface area contributed by atoms with Crippen molar-refractivity contribution >= 4 is 29.3 Å². The SMILES string of the molecule is [N-]=[N+]=NCC=Cc1ccc(Cl)c(Cl)c1. The predicted molar refractivity (Wildman–Crippen MR) is 59.5 cm³/mol. The Kier molecular flexibility index (Phi) is 4.33. The van der Waals surface area contributed by atoms with Crippen molar-refractivity contribution in [2.24, 2.45) is 5.11 Å². The minimum Gasteiger partial charge on any atom is -0.0899 e. The summed E-state index contributed by atoms with van der Waals surface area (Å²) in [6, 6.07) is 5.30. The van der Waals surface area contributed by atoms with E-state index in [-0.39, 0.29) is 0 Å². The van der Waals surface area contributed by atoms with Crippen molar-refractivity contribution in [3.63, 3.8) is 0 Å². The Morgan fingerprint density at radius 3 is 2.79 bits per heavy atom. The van der Waals surface area contributed by atoms with Gasteiger partial charge in [-0.3, -0.25) is 0 Å². The first-order valence-electron chi connectivity index (χ1n) is 3.86. The molecular weight excluding hydrogens is 221 g/mol. The van der Waals surface area contributed by atoms with Gasteiger partial charge in [-0.05, 0) is 23.2 Å². The molecule has 0 saturated carbocycles. The fraction of sp³-hybridized carbons (Fsp3) is 0.111. The van der Waals surface area contributed by atoms with E-state index in [4.69, 9.17) is 28.7 Å². The number of nitrogens with zero attached hydrogens (tertiary/aromatic N) is 3. The van der Waals surface area contributed by atoms with Crippen LogP contribution < -0.4 is 0 Å². The first-order chi connectivity index (χ1) is 6.74. The summed E-state index contributed by atoms with van der Waals surface area (Å²) >= 11 is 11.5. The zero-order valence-corrected chi connectivity index (χ0v) is 8.70. The molecule has 0 aromatic heterocycles. The van der Waals surface area contributed by atoms with Crippen LogP contribution in [0.25, 0.3) is 16.5 Å². The largest absolute Gasteiger partial charge is 0.0899 e. The summed E-state index contributed by atoms with van der Waals surface area (Å²) in [5.41, 5.74) is 8.95. The van der Waals surface area contributed by atoms with Gasteiger partial charge in [0.25, 0.3) is 0 Å². The third-order valence-electron chi connectivity index (χ3n) is 1.50. The van der Waals surface area contributed by atoms with Crippen LogP contribution in [0.3, 0.4) is 0 Å². The third-order valence-corrected chi connectivity index (χ3v) is 2.24. The van der Waals surface area contributed by atoms with E-state index in [0.717, 1.165) is 5.56 Å². The molecule has 0 spiro atoms. The van der Waals surface area contributed by atoms with Gasteiger partial charge in [-0.2, -0.15) is 0 Å². The van der Waals surface area contributed by atoms with Crippen LogP contribution in [-0.4, -0.2) is 6.54 Å². The predicted octanol–water partition coefficient (Wildman–Crippen LogP) is 4.32. The van der Waals surface area contributed by atoms with Crippen LogP contribution in [0.15, 0.2) is 29.4 Å². The summed E-state index contributed by atoms with van der Waals surface area (Å²) in [7, 11) is 0. The quantitative estimate of drug-likeness (QED) is 0.420. The number of halogens is 2. The minimum absolute atomic E-state index is 0.330. The van der Waals surface area contributed by atoms with Crippen LogP contribution in [0.4, 0.5) is 0 Å². The van der Waals surface area contributed by atoms with Crippen LogP contribution in [0.5, 0.6) is 0 Å². The van der Waals surface area contributed by atoms with Gasteiger partial charge in [0.15, 0.2) is 0 Å². The molecule has 0 N–H and O–H groups in total. The molecule has 0 aliphatic rings. The molecule has 14 heavy (non-hydrogen) atoms. The van der Waals surface area contributed by atoms with Crippen molar-refractivity contribution in [3.05, 3.63) is 50.3 Å². The van der Waals surface area contributed by atoms with Gasteiger partial charge in [0, 0.05) is 11.5 Å². The van der Waals surface area contributed by atoms with Gasteiger partial charge >= 0.3 is 0 Å². The molecule has 0 amide bonds. The maximum Gasteiger partial charge on any atom is 0.0598 e. The average Bonchev–Trinajstić information content (AvgIpc) is 2.18. The van der Waals surface area contributed by atoms with E-state index in [1.165, 1.54) is 0 Å². The second-order valence-corrected chi connectivity index (χ2v) is 3.30. The number of hydrogen-bond acceptors (Lipinski definition) is 1. The molecule has 0 unspecified atom stereocenters. The first-order valence-corrected chi connectivity index (χ1v) is 4.62. The molecule has 0 aliphatic carbocycles. The van der Waals surface area contributed by atoms with Crippen molar-refractivity contribution in [3.8, 4) is 0 Å². The Morgan fingerprint density at radius 2 is 2.14 bits per heavy atom. The molecule has 72 valence electrons. The molecule has 0 aliphatic heterocycles. The molecule has 0 saturated heterocycles. The lowest BCUT2D eigenvalue weighted by Gasteiger charge is -1.96. The van der Waals surface area contributed by atoms with Gasteiger partial charge in [0.1, 0.15) is 0 Å². The number of hydrogen-bond donors (Lipinski definition) is 0. The highest BCUT2D eigenvalue weighted by molar-refractivity contribution is 6.42. The van der Waals surface area contributed by atoms with E-state index in [1.54, 1.807) is 18.2 Å². The fourth-order valence-electron chi connectivity index (χ4n) is 0.888. The van der Waals surface area contributed by atoms with Crippen LogP contribution >= 0.6 is 23.2 Å². The molecule has 3 nitrogen and oxygen atoms in total. The second kappa shape index (κ2) is 5.55. The lowest BCUT2D eigenvalue weighted by Crippen LogP contribution is -1.74. The van der Waals surface area contributed by atoms with E-state index >= 15 is 0 Å². The number of rotatable bonds is 3. The Morgan fingerprint density at radius 1 is 1.36 bits per heavy atom. The molecular formula is C9H7Cl2N3. The maximum atomic E-state index is 8.03. The lowest BCUT2D eigenvalue weighted by molar-refractivity contribution is 1.22. The Hall–Kier alpha value is -1.15. The smallest absolute Gasteiger partial charge is 0.0598 e. The van der Waals surface area contributed by atoms with E-state index in [0.29, 0.717) is 16.6 Å². The summed E-state index contributed by atoms with van der Waals surface area (Å²) in [6.45, 7) is 0.330. The van der Waals surface area contributed by atoms with Gasteiger partial charge in [-0.25, -0.2) is 0 Å². The summed E-state index contributed by atoms with van der Waals surface area (Å²) in [4.78, 5) is 2.63. The highest BCUT2D eigenvalue weighted by atomic mass is 35.5. The number of benzene rings is 1. The normalized spacial score (nSPS) is 10.1. The molecule has 0 heterocycles. The fourth-order valence-corrected chi connectivity index (χ4v) is 1.20. The summed E-state index contributed by atoms with van der Waals surface area (Å²) in [5, 5.41) is 4.40. The van der Waals surface area contributed by atoms with Gasteiger partial charge in [0.05, 0.1) is 10.0 Å². The van der Waals surface area contributed by atoms with Crippen LogP contribution in [-0.2, 0) is 0 Å². The average molecular weight is 228 g/mol. The van der Waals surface area contributed by atoms with Crippen molar-refractivity contribution in [2.75, 3.05) is 6.54 Å². The van der Waals surface area contributed by atoms with Crippen molar-refractivity contribution in [1.29, 1.82) is 0 Å². The van der Waals surface area contributed by atoms with Crippen molar-refractivity contribution < 1.29 is 0 Å². The Balaban J connectivity index is 2.72. The molecule has 1 aromatic rings. The zero-order chi connectivity index (χ0) is 10.4. The highest BCUT2D eigenvalue weighted by Crippen LogP contribution is 2.22. The zero-order valence-electron chi connectivity index (χ0n) is 7.19. The van der Waals surface area contributed by atoms with E-state index in [9.17, 15) is 0 Å².